The van der Waals surface area contributed by atoms with Crippen molar-refractivity contribution in [2.24, 2.45) is 5.92 Å². The van der Waals surface area contributed by atoms with Crippen LogP contribution in [-0.4, -0.2) is 17.6 Å². The second kappa shape index (κ2) is 6.99. The number of hydrogen-bond acceptors (Lipinski definition) is 2. The van der Waals surface area contributed by atoms with Gasteiger partial charge in [-0.1, -0.05) is 32.8 Å². The molecule has 3 nitrogen and oxygen atoms in total. The summed E-state index contributed by atoms with van der Waals surface area (Å²) in [4.78, 5) is 11.7. The second-order valence-electron chi connectivity index (χ2n) is 4.78. The van der Waals surface area contributed by atoms with Crippen LogP contribution in [0.25, 0.3) is 0 Å². The number of carbonyl (C=O) groups is 1. The zero-order chi connectivity index (χ0) is 13.5. The van der Waals surface area contributed by atoms with Crippen molar-refractivity contribution in [1.29, 1.82) is 0 Å². The first kappa shape index (κ1) is 14.5. The van der Waals surface area contributed by atoms with Crippen LogP contribution in [0, 0.1) is 11.7 Å². The molecule has 0 saturated carbocycles. The molecule has 18 heavy (non-hydrogen) atoms. The molecule has 0 saturated heterocycles. The maximum atomic E-state index is 13.4. The van der Waals surface area contributed by atoms with Gasteiger partial charge in [-0.3, -0.25) is 4.79 Å². The largest absolute Gasteiger partial charge is 0.507 e. The summed E-state index contributed by atoms with van der Waals surface area (Å²) in [6, 6.07) is 3.83. The van der Waals surface area contributed by atoms with E-state index in [1.54, 1.807) is 0 Å². The Morgan fingerprint density at radius 1 is 1.39 bits per heavy atom. The van der Waals surface area contributed by atoms with Gasteiger partial charge in [0.15, 0.2) is 0 Å². The van der Waals surface area contributed by atoms with Crippen LogP contribution in [0.15, 0.2) is 18.2 Å². The summed E-state index contributed by atoms with van der Waals surface area (Å²) in [6.07, 6.45) is 3.00. The lowest BCUT2D eigenvalue weighted by Crippen LogP contribution is -2.25. The lowest BCUT2D eigenvalue weighted by Gasteiger charge is -2.08. The Hall–Kier alpha value is -1.58. The standard InChI is InChI=1S/C14H20FNO2/c1-10(2)6-3-4-9-16-14(18)13-11(15)7-5-8-12(13)17/h5,7-8,10,17H,3-4,6,9H2,1-2H3,(H,16,18). The van der Waals surface area contributed by atoms with E-state index in [-0.39, 0.29) is 11.3 Å². The van der Waals surface area contributed by atoms with Gasteiger partial charge in [-0.15, -0.1) is 0 Å². The normalized spacial score (nSPS) is 10.7. The minimum absolute atomic E-state index is 0.277. The summed E-state index contributed by atoms with van der Waals surface area (Å²) in [5, 5.41) is 12.1. The molecule has 0 fully saturated rings. The second-order valence-corrected chi connectivity index (χ2v) is 4.78. The highest BCUT2D eigenvalue weighted by molar-refractivity contribution is 5.97. The lowest BCUT2D eigenvalue weighted by molar-refractivity contribution is 0.0946. The average Bonchev–Trinajstić information content (AvgIpc) is 2.27. The maximum Gasteiger partial charge on any atom is 0.258 e. The molecular weight excluding hydrogens is 233 g/mol. The fourth-order valence-electron chi connectivity index (χ4n) is 1.71. The predicted octanol–water partition coefficient (Wildman–Crippen LogP) is 3.09. The van der Waals surface area contributed by atoms with Gasteiger partial charge in [-0.25, -0.2) is 4.39 Å². The highest BCUT2D eigenvalue weighted by Crippen LogP contribution is 2.19. The van der Waals surface area contributed by atoms with Gasteiger partial charge in [0, 0.05) is 6.54 Å². The Kier molecular flexibility index (Phi) is 5.62. The fourth-order valence-corrected chi connectivity index (χ4v) is 1.71. The van der Waals surface area contributed by atoms with Gasteiger partial charge < -0.3 is 10.4 Å². The van der Waals surface area contributed by atoms with E-state index < -0.39 is 11.7 Å². The van der Waals surface area contributed by atoms with E-state index in [2.05, 4.69) is 19.2 Å². The molecule has 0 aliphatic carbocycles. The molecule has 2 N–H and O–H groups in total. The predicted molar refractivity (Wildman–Crippen MR) is 69.1 cm³/mol. The number of phenols is 1. The number of amides is 1. The van der Waals surface area contributed by atoms with Gasteiger partial charge in [0.05, 0.1) is 0 Å². The van der Waals surface area contributed by atoms with Gasteiger partial charge in [0.2, 0.25) is 0 Å². The Balaban J connectivity index is 2.41. The van der Waals surface area contributed by atoms with Crippen molar-refractivity contribution in [2.45, 2.75) is 33.1 Å². The van der Waals surface area contributed by atoms with Crippen molar-refractivity contribution >= 4 is 5.91 Å². The van der Waals surface area contributed by atoms with E-state index in [0.717, 1.165) is 25.3 Å². The molecule has 0 aromatic heterocycles. The minimum atomic E-state index is -0.699. The Labute approximate surface area is 107 Å². The van der Waals surface area contributed by atoms with Crippen molar-refractivity contribution in [1.82, 2.24) is 5.32 Å². The third-order valence-corrected chi connectivity index (χ3v) is 2.71. The van der Waals surface area contributed by atoms with Crippen molar-refractivity contribution in [3.05, 3.63) is 29.6 Å². The van der Waals surface area contributed by atoms with Crippen LogP contribution < -0.4 is 5.32 Å². The monoisotopic (exact) mass is 253 g/mol. The van der Waals surface area contributed by atoms with Gasteiger partial charge in [0.1, 0.15) is 17.1 Å². The van der Waals surface area contributed by atoms with Gasteiger partial charge in [0.25, 0.3) is 5.91 Å². The molecule has 0 heterocycles. The zero-order valence-electron chi connectivity index (χ0n) is 10.9. The van der Waals surface area contributed by atoms with Gasteiger partial charge in [-0.05, 0) is 24.5 Å². The molecule has 0 unspecified atom stereocenters. The molecule has 0 atom stereocenters. The number of benzene rings is 1. The first-order chi connectivity index (χ1) is 8.52. The van der Waals surface area contributed by atoms with Crippen molar-refractivity contribution in [2.75, 3.05) is 6.54 Å². The van der Waals surface area contributed by atoms with Crippen LogP contribution in [-0.2, 0) is 0 Å². The van der Waals surface area contributed by atoms with Crippen LogP contribution in [0.3, 0.4) is 0 Å². The van der Waals surface area contributed by atoms with E-state index >= 15 is 0 Å². The molecule has 0 spiro atoms. The quantitative estimate of drug-likeness (QED) is 0.765. The molecule has 1 aromatic rings. The summed E-state index contributed by atoms with van der Waals surface area (Å²) in [7, 11) is 0. The lowest BCUT2D eigenvalue weighted by atomic mass is 10.1. The number of aromatic hydroxyl groups is 1. The Bertz CT molecular complexity index is 385. The summed E-state index contributed by atoms with van der Waals surface area (Å²) in [5.41, 5.74) is -0.277. The van der Waals surface area contributed by atoms with Gasteiger partial charge >= 0.3 is 0 Å². The summed E-state index contributed by atoms with van der Waals surface area (Å²) in [6.45, 7) is 4.80. The summed E-state index contributed by atoms with van der Waals surface area (Å²) < 4.78 is 13.4. The van der Waals surface area contributed by atoms with E-state index in [0.29, 0.717) is 12.5 Å². The molecule has 100 valence electrons. The summed E-state index contributed by atoms with van der Waals surface area (Å²) in [5.74, 6) is -0.934. The molecule has 1 amide bonds. The molecule has 1 rings (SSSR count). The molecule has 0 bridgehead atoms. The number of unbranched alkanes of at least 4 members (excludes halogenated alkanes) is 1. The molecule has 0 aliphatic heterocycles. The molecule has 4 heteroatoms. The SMILES string of the molecule is CC(C)CCCCNC(=O)c1c(O)cccc1F. The fraction of sp³-hybridized carbons (Fsp3) is 0.500. The molecule has 0 radical (unpaired) electrons. The van der Waals surface area contributed by atoms with Crippen LogP contribution >= 0.6 is 0 Å². The number of carbonyl (C=O) groups excluding carboxylic acids is 1. The molecule has 1 aromatic carbocycles. The summed E-state index contributed by atoms with van der Waals surface area (Å²) >= 11 is 0. The Morgan fingerprint density at radius 2 is 2.11 bits per heavy atom. The number of nitrogens with one attached hydrogen (secondary N) is 1. The van der Waals surface area contributed by atoms with Crippen LogP contribution in [0.1, 0.15) is 43.5 Å². The van der Waals surface area contributed by atoms with Crippen molar-refractivity contribution < 1.29 is 14.3 Å². The van der Waals surface area contributed by atoms with E-state index in [9.17, 15) is 14.3 Å². The van der Waals surface area contributed by atoms with Crippen molar-refractivity contribution in [3.8, 4) is 5.75 Å². The maximum absolute atomic E-state index is 13.4. The smallest absolute Gasteiger partial charge is 0.258 e. The van der Waals surface area contributed by atoms with Gasteiger partial charge in [-0.2, -0.15) is 0 Å². The van der Waals surface area contributed by atoms with Crippen molar-refractivity contribution in [3.63, 3.8) is 0 Å². The molecular formula is C14H20FNO2. The first-order valence-corrected chi connectivity index (χ1v) is 6.28. The van der Waals surface area contributed by atoms with Crippen LogP contribution in [0.2, 0.25) is 0 Å². The number of halogens is 1. The van der Waals surface area contributed by atoms with E-state index in [1.807, 2.05) is 0 Å². The third-order valence-electron chi connectivity index (χ3n) is 2.71. The Morgan fingerprint density at radius 3 is 2.72 bits per heavy atom. The average molecular weight is 253 g/mol. The highest BCUT2D eigenvalue weighted by Gasteiger charge is 2.15. The first-order valence-electron chi connectivity index (χ1n) is 6.28. The van der Waals surface area contributed by atoms with E-state index in [1.165, 1.54) is 12.1 Å². The zero-order valence-corrected chi connectivity index (χ0v) is 10.9. The number of rotatable bonds is 6. The number of hydrogen-bond donors (Lipinski definition) is 2. The van der Waals surface area contributed by atoms with Crippen LogP contribution in [0.4, 0.5) is 4.39 Å². The van der Waals surface area contributed by atoms with Crippen LogP contribution in [0.5, 0.6) is 5.75 Å². The van der Waals surface area contributed by atoms with E-state index in [4.69, 9.17) is 0 Å². The third kappa shape index (κ3) is 4.35. The molecule has 0 aliphatic rings. The highest BCUT2D eigenvalue weighted by atomic mass is 19.1. The topological polar surface area (TPSA) is 49.3 Å². The minimum Gasteiger partial charge on any atom is -0.507 e. The number of phenolic OH excluding ortho intramolecular Hbond substituents is 1.